The first-order valence-corrected chi connectivity index (χ1v) is 6.37. The van der Waals surface area contributed by atoms with Crippen molar-refractivity contribution < 1.29 is 9.90 Å². The van der Waals surface area contributed by atoms with E-state index in [4.69, 9.17) is 5.11 Å². The average Bonchev–Trinajstić information content (AvgIpc) is 2.50. The molecule has 0 saturated carbocycles. The van der Waals surface area contributed by atoms with Crippen LogP contribution in [0.15, 0.2) is 15.9 Å². The lowest BCUT2D eigenvalue weighted by molar-refractivity contribution is -0.140. The Morgan fingerprint density at radius 1 is 1.67 bits per heavy atom. The zero-order valence-corrected chi connectivity index (χ0v) is 11.1. The van der Waals surface area contributed by atoms with Crippen molar-refractivity contribution in [2.75, 3.05) is 0 Å². The highest BCUT2D eigenvalue weighted by Gasteiger charge is 2.20. The summed E-state index contributed by atoms with van der Waals surface area (Å²) >= 11 is 4.98. The predicted octanol–water partition coefficient (Wildman–Crippen LogP) is 2.71. The molecule has 1 aromatic heterocycles. The van der Waals surface area contributed by atoms with Crippen LogP contribution in [0.4, 0.5) is 0 Å². The Kier molecular flexibility index (Phi) is 4.76. The van der Waals surface area contributed by atoms with E-state index < -0.39 is 12.0 Å². The molecule has 2 N–H and O–H groups in total. The summed E-state index contributed by atoms with van der Waals surface area (Å²) in [4.78, 5) is 12.0. The minimum Gasteiger partial charge on any atom is -0.480 e. The molecule has 1 heterocycles. The zero-order chi connectivity index (χ0) is 11.4. The van der Waals surface area contributed by atoms with Crippen molar-refractivity contribution in [3.63, 3.8) is 0 Å². The molecule has 0 aliphatic rings. The maximum absolute atomic E-state index is 10.9. The van der Waals surface area contributed by atoms with Gasteiger partial charge in [-0.15, -0.1) is 11.3 Å². The van der Waals surface area contributed by atoms with Gasteiger partial charge in [-0.2, -0.15) is 0 Å². The van der Waals surface area contributed by atoms with Gasteiger partial charge in [-0.25, -0.2) is 0 Å². The molecule has 0 radical (unpaired) electrons. The van der Waals surface area contributed by atoms with Gasteiger partial charge in [0.25, 0.3) is 0 Å². The van der Waals surface area contributed by atoms with Crippen LogP contribution >= 0.6 is 27.3 Å². The minimum atomic E-state index is -0.791. The second kappa shape index (κ2) is 5.63. The Labute approximate surface area is 102 Å². The average molecular weight is 292 g/mol. The van der Waals surface area contributed by atoms with Crippen LogP contribution in [0.1, 0.15) is 18.7 Å². The van der Waals surface area contributed by atoms with Crippen molar-refractivity contribution in [1.82, 2.24) is 5.32 Å². The van der Waals surface area contributed by atoms with Gasteiger partial charge in [0.1, 0.15) is 6.04 Å². The van der Waals surface area contributed by atoms with E-state index in [1.165, 1.54) is 0 Å². The number of hydrogen-bond donors (Lipinski definition) is 2. The van der Waals surface area contributed by atoms with Gasteiger partial charge >= 0.3 is 5.97 Å². The molecule has 0 aliphatic carbocycles. The molecule has 5 heteroatoms. The first-order chi connectivity index (χ1) is 7.00. The standard InChI is InChI=1S/C10H14BrNO2S/c1-6(2)9(10(13)14)12-4-8-3-7(11)5-15-8/h3,5-6,9,12H,4H2,1-2H3,(H,13,14). The maximum Gasteiger partial charge on any atom is 0.320 e. The van der Waals surface area contributed by atoms with Crippen molar-refractivity contribution in [2.45, 2.75) is 26.4 Å². The van der Waals surface area contributed by atoms with Gasteiger partial charge in [-0.3, -0.25) is 10.1 Å². The Hall–Kier alpha value is -0.390. The van der Waals surface area contributed by atoms with Crippen LogP contribution in [0, 0.1) is 5.92 Å². The molecule has 0 aliphatic heterocycles. The number of halogens is 1. The summed E-state index contributed by atoms with van der Waals surface area (Å²) in [6, 6.07) is 1.52. The molecular formula is C10H14BrNO2S. The number of nitrogens with one attached hydrogen (secondary N) is 1. The number of carboxylic acid groups (broad SMARTS) is 1. The Bertz CT molecular complexity index is 338. The number of rotatable bonds is 5. The highest BCUT2D eigenvalue weighted by atomic mass is 79.9. The fourth-order valence-corrected chi connectivity index (χ4v) is 2.67. The third kappa shape index (κ3) is 3.93. The zero-order valence-electron chi connectivity index (χ0n) is 8.66. The van der Waals surface area contributed by atoms with Crippen LogP contribution in [-0.2, 0) is 11.3 Å². The highest BCUT2D eigenvalue weighted by molar-refractivity contribution is 9.10. The largest absolute Gasteiger partial charge is 0.480 e. The summed E-state index contributed by atoms with van der Waals surface area (Å²) in [5.41, 5.74) is 0. The molecule has 0 spiro atoms. The molecule has 1 atom stereocenters. The van der Waals surface area contributed by atoms with Crippen molar-refractivity contribution in [3.8, 4) is 0 Å². The second-order valence-corrected chi connectivity index (χ2v) is 5.58. The van der Waals surface area contributed by atoms with Gasteiger partial charge in [0.15, 0.2) is 0 Å². The number of aliphatic carboxylic acids is 1. The summed E-state index contributed by atoms with van der Waals surface area (Å²) in [6.45, 7) is 4.40. The van der Waals surface area contributed by atoms with E-state index in [0.29, 0.717) is 6.54 Å². The first kappa shape index (κ1) is 12.7. The van der Waals surface area contributed by atoms with Crippen LogP contribution in [0.5, 0.6) is 0 Å². The molecule has 0 fully saturated rings. The van der Waals surface area contributed by atoms with Crippen LogP contribution < -0.4 is 5.32 Å². The van der Waals surface area contributed by atoms with Gasteiger partial charge in [0, 0.05) is 21.3 Å². The molecular weight excluding hydrogens is 278 g/mol. The summed E-state index contributed by atoms with van der Waals surface area (Å²) < 4.78 is 1.04. The van der Waals surface area contributed by atoms with Crippen LogP contribution in [0.2, 0.25) is 0 Å². The van der Waals surface area contributed by atoms with E-state index in [2.05, 4.69) is 21.2 Å². The topological polar surface area (TPSA) is 49.3 Å². The number of thiophene rings is 1. The first-order valence-electron chi connectivity index (χ1n) is 4.70. The van der Waals surface area contributed by atoms with Gasteiger partial charge in [0.2, 0.25) is 0 Å². The number of hydrogen-bond acceptors (Lipinski definition) is 3. The van der Waals surface area contributed by atoms with Gasteiger partial charge < -0.3 is 5.11 Å². The molecule has 1 unspecified atom stereocenters. The molecule has 84 valence electrons. The van der Waals surface area contributed by atoms with Gasteiger partial charge in [0.05, 0.1) is 0 Å². The number of carbonyl (C=O) groups is 1. The molecule has 15 heavy (non-hydrogen) atoms. The second-order valence-electron chi connectivity index (χ2n) is 3.67. The monoisotopic (exact) mass is 291 g/mol. The third-order valence-corrected chi connectivity index (χ3v) is 3.75. The molecule has 1 rings (SSSR count). The summed E-state index contributed by atoms with van der Waals surface area (Å²) in [6.07, 6.45) is 0. The summed E-state index contributed by atoms with van der Waals surface area (Å²) in [5, 5.41) is 14.0. The van der Waals surface area contributed by atoms with Crippen LogP contribution in [0.3, 0.4) is 0 Å². The van der Waals surface area contributed by atoms with Crippen LogP contribution in [-0.4, -0.2) is 17.1 Å². The summed E-state index contributed by atoms with van der Waals surface area (Å²) in [5.74, 6) is -0.702. The molecule has 0 amide bonds. The Balaban J connectivity index is 2.50. The van der Waals surface area contributed by atoms with E-state index in [0.717, 1.165) is 9.35 Å². The van der Waals surface area contributed by atoms with Crippen molar-refractivity contribution >= 4 is 33.2 Å². The van der Waals surface area contributed by atoms with Crippen molar-refractivity contribution in [2.24, 2.45) is 5.92 Å². The fraction of sp³-hybridized carbons (Fsp3) is 0.500. The van der Waals surface area contributed by atoms with E-state index >= 15 is 0 Å². The third-order valence-electron chi connectivity index (χ3n) is 2.05. The fourth-order valence-electron chi connectivity index (χ4n) is 1.27. The van der Waals surface area contributed by atoms with Crippen LogP contribution in [0.25, 0.3) is 0 Å². The molecule has 3 nitrogen and oxygen atoms in total. The van der Waals surface area contributed by atoms with Gasteiger partial charge in [-0.05, 0) is 27.9 Å². The van der Waals surface area contributed by atoms with E-state index in [9.17, 15) is 4.79 Å². The quantitative estimate of drug-likeness (QED) is 0.877. The van der Waals surface area contributed by atoms with E-state index in [-0.39, 0.29) is 5.92 Å². The normalized spacial score (nSPS) is 13.1. The summed E-state index contributed by atoms with van der Waals surface area (Å²) in [7, 11) is 0. The SMILES string of the molecule is CC(C)C(NCc1cc(Br)cs1)C(=O)O. The lowest BCUT2D eigenvalue weighted by atomic mass is 10.1. The lowest BCUT2D eigenvalue weighted by Crippen LogP contribution is -2.40. The Morgan fingerprint density at radius 2 is 2.33 bits per heavy atom. The van der Waals surface area contributed by atoms with Crippen molar-refractivity contribution in [3.05, 3.63) is 20.8 Å². The molecule has 0 saturated heterocycles. The minimum absolute atomic E-state index is 0.0888. The number of carboxylic acids is 1. The lowest BCUT2D eigenvalue weighted by Gasteiger charge is -2.17. The van der Waals surface area contributed by atoms with Gasteiger partial charge in [-0.1, -0.05) is 13.8 Å². The predicted molar refractivity (Wildman–Crippen MR) is 65.1 cm³/mol. The molecule has 1 aromatic rings. The molecule has 0 aromatic carbocycles. The van der Waals surface area contributed by atoms with Crippen molar-refractivity contribution in [1.29, 1.82) is 0 Å². The Morgan fingerprint density at radius 3 is 2.73 bits per heavy atom. The van der Waals surface area contributed by atoms with E-state index in [1.54, 1.807) is 11.3 Å². The molecule has 0 bridgehead atoms. The smallest absolute Gasteiger partial charge is 0.320 e. The maximum atomic E-state index is 10.9. The highest BCUT2D eigenvalue weighted by Crippen LogP contribution is 2.19. The van der Waals surface area contributed by atoms with E-state index in [1.807, 2.05) is 25.3 Å².